The smallest absolute Gasteiger partial charge is 0.257 e. The van der Waals surface area contributed by atoms with E-state index in [1.54, 1.807) is 29.3 Å². The molecule has 5 nitrogen and oxygen atoms in total. The molecule has 2 atom stereocenters. The van der Waals surface area contributed by atoms with Crippen LogP contribution < -0.4 is 4.74 Å². The van der Waals surface area contributed by atoms with Crippen LogP contribution in [0.5, 0.6) is 5.75 Å². The van der Waals surface area contributed by atoms with Crippen LogP contribution in [0.15, 0.2) is 95.6 Å². The fourth-order valence-corrected chi connectivity index (χ4v) is 7.08. The second kappa shape index (κ2) is 14.7. The second-order valence-electron chi connectivity index (χ2n) is 13.1. The SMILES string of the molecule is CCN(CC(=O)N1N=C2/C(=C\c3ccc(F)cc3)CCCC2C1c1ccc(F)cc1)Cc1cc(C)c(OCc2cccc(C)c2)c(C)c1. The van der Waals surface area contributed by atoms with Crippen molar-refractivity contribution in [2.45, 2.75) is 66.2 Å². The minimum Gasteiger partial charge on any atom is -0.488 e. The second-order valence-corrected chi connectivity index (χ2v) is 13.1. The molecule has 48 heavy (non-hydrogen) atoms. The van der Waals surface area contributed by atoms with Crippen LogP contribution in [-0.4, -0.2) is 34.6 Å². The van der Waals surface area contributed by atoms with Crippen LogP contribution in [-0.2, 0) is 17.9 Å². The molecule has 1 amide bonds. The van der Waals surface area contributed by atoms with Gasteiger partial charge in [-0.3, -0.25) is 9.69 Å². The van der Waals surface area contributed by atoms with E-state index in [0.717, 1.165) is 69.7 Å². The van der Waals surface area contributed by atoms with Crippen molar-refractivity contribution in [3.05, 3.63) is 141 Å². The van der Waals surface area contributed by atoms with Crippen LogP contribution in [0.1, 0.15) is 71.2 Å². The molecule has 1 aliphatic carbocycles. The van der Waals surface area contributed by atoms with Crippen molar-refractivity contribution in [2.75, 3.05) is 13.1 Å². The molecule has 4 aromatic rings. The third-order valence-corrected chi connectivity index (χ3v) is 9.38. The zero-order valence-electron chi connectivity index (χ0n) is 28.2. The van der Waals surface area contributed by atoms with Crippen LogP contribution in [0.4, 0.5) is 8.78 Å². The van der Waals surface area contributed by atoms with Crippen LogP contribution in [0.25, 0.3) is 6.08 Å². The Morgan fingerprint density at radius 3 is 2.29 bits per heavy atom. The van der Waals surface area contributed by atoms with E-state index in [1.165, 1.54) is 29.8 Å². The van der Waals surface area contributed by atoms with Crippen molar-refractivity contribution in [1.29, 1.82) is 0 Å². The number of fused-ring (bicyclic) bond motifs is 1. The number of carbonyl (C=O) groups is 1. The summed E-state index contributed by atoms with van der Waals surface area (Å²) in [6.45, 7) is 10.3. The highest BCUT2D eigenvalue weighted by atomic mass is 19.1. The van der Waals surface area contributed by atoms with Crippen LogP contribution in [0.3, 0.4) is 0 Å². The quantitative estimate of drug-likeness (QED) is 0.173. The number of allylic oxidation sites excluding steroid dienone is 1. The summed E-state index contributed by atoms with van der Waals surface area (Å²) in [5.41, 5.74) is 9.30. The molecule has 1 fully saturated rings. The fourth-order valence-electron chi connectivity index (χ4n) is 7.08. The van der Waals surface area contributed by atoms with E-state index in [-0.39, 0.29) is 36.0 Å². The van der Waals surface area contributed by atoms with Crippen molar-refractivity contribution >= 4 is 17.7 Å². The van der Waals surface area contributed by atoms with Gasteiger partial charge in [-0.2, -0.15) is 5.10 Å². The van der Waals surface area contributed by atoms with Crippen molar-refractivity contribution in [1.82, 2.24) is 9.91 Å². The number of likely N-dealkylation sites (N-methyl/N-ethyl adjacent to an activating group) is 1. The Morgan fingerprint density at radius 2 is 1.62 bits per heavy atom. The average Bonchev–Trinajstić information content (AvgIpc) is 3.46. The largest absolute Gasteiger partial charge is 0.488 e. The lowest BCUT2D eigenvalue weighted by Gasteiger charge is -2.31. The summed E-state index contributed by atoms with van der Waals surface area (Å²) < 4.78 is 33.8. The number of nitrogens with zero attached hydrogens (tertiary/aromatic N) is 3. The molecule has 2 aliphatic rings. The third kappa shape index (κ3) is 7.57. The van der Waals surface area contributed by atoms with Gasteiger partial charge in [-0.05, 0) is 116 Å². The van der Waals surface area contributed by atoms with Crippen molar-refractivity contribution in [2.24, 2.45) is 11.0 Å². The van der Waals surface area contributed by atoms with E-state index in [0.29, 0.717) is 19.7 Å². The Hall–Kier alpha value is -4.62. The lowest BCUT2D eigenvalue weighted by Crippen LogP contribution is -2.39. The van der Waals surface area contributed by atoms with E-state index in [4.69, 9.17) is 9.84 Å². The molecule has 7 heteroatoms. The summed E-state index contributed by atoms with van der Waals surface area (Å²) in [5.74, 6) is 0.193. The summed E-state index contributed by atoms with van der Waals surface area (Å²) in [5, 5.41) is 6.63. The average molecular weight is 648 g/mol. The minimum absolute atomic E-state index is 0.00687. The molecule has 2 unspecified atom stereocenters. The summed E-state index contributed by atoms with van der Waals surface area (Å²) in [6.07, 6.45) is 4.70. The van der Waals surface area contributed by atoms with Gasteiger partial charge in [0.1, 0.15) is 24.0 Å². The fraction of sp³-hybridized carbons (Fsp3) is 0.317. The van der Waals surface area contributed by atoms with E-state index in [9.17, 15) is 13.6 Å². The third-order valence-electron chi connectivity index (χ3n) is 9.38. The molecule has 0 N–H and O–H groups in total. The molecular formula is C41H43F2N3O2. The van der Waals surface area contributed by atoms with Gasteiger partial charge in [0.25, 0.3) is 5.91 Å². The lowest BCUT2D eigenvalue weighted by atomic mass is 9.77. The highest BCUT2D eigenvalue weighted by Crippen LogP contribution is 2.44. The Labute approximate surface area is 282 Å². The zero-order chi connectivity index (χ0) is 33.8. The molecule has 0 spiro atoms. The number of halogens is 2. The maximum atomic E-state index is 14.2. The Morgan fingerprint density at radius 1 is 0.938 bits per heavy atom. The maximum absolute atomic E-state index is 14.2. The van der Waals surface area contributed by atoms with Gasteiger partial charge in [0, 0.05) is 12.5 Å². The molecule has 248 valence electrons. The first-order valence-electron chi connectivity index (χ1n) is 16.8. The first-order valence-corrected chi connectivity index (χ1v) is 16.8. The van der Waals surface area contributed by atoms with Crippen LogP contribution >= 0.6 is 0 Å². The molecule has 0 saturated heterocycles. The predicted octanol–water partition coefficient (Wildman–Crippen LogP) is 9.11. The number of rotatable bonds is 10. The molecule has 0 radical (unpaired) electrons. The topological polar surface area (TPSA) is 45.1 Å². The number of hydrazone groups is 1. The van der Waals surface area contributed by atoms with E-state index in [1.807, 2.05) is 6.07 Å². The van der Waals surface area contributed by atoms with Gasteiger partial charge in [-0.25, -0.2) is 13.8 Å². The highest BCUT2D eigenvalue weighted by molar-refractivity contribution is 6.08. The molecular weight excluding hydrogens is 604 g/mol. The normalized spacial score (nSPS) is 18.3. The van der Waals surface area contributed by atoms with Gasteiger partial charge in [0.05, 0.1) is 18.3 Å². The van der Waals surface area contributed by atoms with Gasteiger partial charge in [-0.1, -0.05) is 73.2 Å². The number of ether oxygens (including phenoxy) is 1. The minimum atomic E-state index is -0.321. The number of carbonyl (C=O) groups excluding carboxylic acids is 1. The summed E-state index contributed by atoms with van der Waals surface area (Å²) in [7, 11) is 0. The van der Waals surface area contributed by atoms with E-state index >= 15 is 0 Å². The van der Waals surface area contributed by atoms with Crippen molar-refractivity contribution in [3.8, 4) is 5.75 Å². The van der Waals surface area contributed by atoms with Crippen molar-refractivity contribution in [3.63, 3.8) is 0 Å². The number of aryl methyl sites for hydroxylation is 3. The standard InChI is InChI=1S/C41H43F2N3O2/c1-5-45(24-32-21-28(3)41(29(4)22-32)48-26-31-9-6-8-27(2)20-31)25-38(47)46-40(33-14-18-36(43)19-15-33)37-11-7-10-34(39(37)44-46)23-30-12-16-35(42)17-13-30/h6,8-9,12-23,37,40H,5,7,10-11,24-26H2,1-4H3/b34-23-. The highest BCUT2D eigenvalue weighted by Gasteiger charge is 2.43. The number of amides is 1. The maximum Gasteiger partial charge on any atom is 0.257 e. The van der Waals surface area contributed by atoms with Crippen molar-refractivity contribution < 1.29 is 18.3 Å². The van der Waals surface area contributed by atoms with Crippen LogP contribution in [0, 0.1) is 38.3 Å². The number of hydrogen-bond acceptors (Lipinski definition) is 4. The van der Waals surface area contributed by atoms with E-state index < -0.39 is 0 Å². The summed E-state index contributed by atoms with van der Waals surface area (Å²) >= 11 is 0. The molecule has 1 aliphatic heterocycles. The molecule has 0 bridgehead atoms. The van der Waals surface area contributed by atoms with Gasteiger partial charge in [0.2, 0.25) is 0 Å². The Balaban J connectivity index is 1.21. The van der Waals surface area contributed by atoms with Gasteiger partial charge in [-0.15, -0.1) is 0 Å². The lowest BCUT2D eigenvalue weighted by molar-refractivity contribution is -0.135. The monoisotopic (exact) mass is 647 g/mol. The molecule has 0 aromatic heterocycles. The zero-order valence-corrected chi connectivity index (χ0v) is 28.2. The van der Waals surface area contributed by atoms with Gasteiger partial charge < -0.3 is 4.74 Å². The predicted molar refractivity (Wildman–Crippen MR) is 188 cm³/mol. The number of benzene rings is 4. The molecule has 6 rings (SSSR count). The summed E-state index contributed by atoms with van der Waals surface area (Å²) in [6, 6.07) is 25.2. The Kier molecular flexibility index (Phi) is 10.2. The summed E-state index contributed by atoms with van der Waals surface area (Å²) in [4.78, 5) is 16.3. The van der Waals surface area contributed by atoms with Gasteiger partial charge >= 0.3 is 0 Å². The van der Waals surface area contributed by atoms with Gasteiger partial charge in [0.15, 0.2) is 0 Å². The van der Waals surface area contributed by atoms with Crippen LogP contribution in [0.2, 0.25) is 0 Å². The first kappa shape index (κ1) is 33.3. The Bertz CT molecular complexity index is 1810. The molecule has 1 saturated carbocycles. The molecule has 4 aromatic carbocycles. The number of hydrogen-bond donors (Lipinski definition) is 0. The molecule has 1 heterocycles. The first-order chi connectivity index (χ1) is 23.2. The van der Waals surface area contributed by atoms with E-state index in [2.05, 4.69) is 69.0 Å².